The number of hydrogen-bond donors (Lipinski definition) is 1. The number of nitrogens with two attached hydrogens (primary N) is 1. The van der Waals surface area contributed by atoms with E-state index in [1.807, 2.05) is 13.0 Å². The molecule has 1 aliphatic heterocycles. The second-order valence-electron chi connectivity index (χ2n) is 6.03. The zero-order valence-corrected chi connectivity index (χ0v) is 13.5. The lowest BCUT2D eigenvalue weighted by Crippen LogP contribution is -2.37. The lowest BCUT2D eigenvalue weighted by molar-refractivity contribution is 0.232. The first kappa shape index (κ1) is 16.2. The van der Waals surface area contributed by atoms with Gasteiger partial charge in [-0.1, -0.05) is 19.9 Å². The predicted molar refractivity (Wildman–Crippen MR) is 87.3 cm³/mol. The van der Waals surface area contributed by atoms with Gasteiger partial charge in [-0.2, -0.15) is 0 Å². The summed E-state index contributed by atoms with van der Waals surface area (Å²) in [5.74, 6) is -0.129. The summed E-state index contributed by atoms with van der Waals surface area (Å²) in [7, 11) is 0. The Kier molecular flexibility index (Phi) is 5.59. The van der Waals surface area contributed by atoms with Crippen molar-refractivity contribution >= 4 is 5.69 Å². The minimum atomic E-state index is -0.129. The molecule has 2 unspecified atom stereocenters. The molecule has 0 bridgehead atoms. The highest BCUT2D eigenvalue weighted by molar-refractivity contribution is 5.55. The van der Waals surface area contributed by atoms with Crippen molar-refractivity contribution in [2.75, 3.05) is 31.1 Å². The van der Waals surface area contributed by atoms with Gasteiger partial charge in [0.1, 0.15) is 5.82 Å². The summed E-state index contributed by atoms with van der Waals surface area (Å²) in [6, 6.07) is 5.93. The molecule has 0 aliphatic carbocycles. The van der Waals surface area contributed by atoms with Gasteiger partial charge in [-0.15, -0.1) is 0 Å². The van der Waals surface area contributed by atoms with E-state index in [-0.39, 0.29) is 11.9 Å². The number of hydrogen-bond acceptors (Lipinski definition) is 3. The van der Waals surface area contributed by atoms with Crippen LogP contribution in [0.2, 0.25) is 0 Å². The summed E-state index contributed by atoms with van der Waals surface area (Å²) in [4.78, 5) is 4.81. The minimum absolute atomic E-state index is 0.0261. The standard InChI is InChI=1S/C17H28FN3/c1-4-20(5-2)14-9-10-21(12-14)17-8-6-7-16(18)15(17)11-13(3)19/h6-8,13-14H,4-5,9-12,19H2,1-3H3. The number of anilines is 1. The molecule has 2 atom stereocenters. The Morgan fingerprint density at radius 1 is 1.38 bits per heavy atom. The maximum Gasteiger partial charge on any atom is 0.128 e. The van der Waals surface area contributed by atoms with Crippen molar-refractivity contribution in [2.24, 2.45) is 5.73 Å². The van der Waals surface area contributed by atoms with E-state index in [4.69, 9.17) is 5.73 Å². The second kappa shape index (κ2) is 7.23. The third-order valence-corrected chi connectivity index (χ3v) is 4.45. The zero-order valence-electron chi connectivity index (χ0n) is 13.5. The number of halogens is 1. The van der Waals surface area contributed by atoms with E-state index in [9.17, 15) is 4.39 Å². The molecule has 0 aromatic heterocycles. The number of rotatable bonds is 6. The third kappa shape index (κ3) is 3.74. The monoisotopic (exact) mass is 293 g/mol. The molecule has 2 rings (SSSR count). The van der Waals surface area contributed by atoms with Gasteiger partial charge >= 0.3 is 0 Å². The van der Waals surface area contributed by atoms with E-state index in [1.165, 1.54) is 0 Å². The topological polar surface area (TPSA) is 32.5 Å². The maximum absolute atomic E-state index is 14.2. The summed E-state index contributed by atoms with van der Waals surface area (Å²) in [6.07, 6.45) is 1.74. The van der Waals surface area contributed by atoms with Crippen LogP contribution in [0.15, 0.2) is 18.2 Å². The van der Waals surface area contributed by atoms with Crippen molar-refractivity contribution < 1.29 is 4.39 Å². The molecular formula is C17H28FN3. The van der Waals surface area contributed by atoms with Gasteiger partial charge in [-0.3, -0.25) is 4.90 Å². The average Bonchev–Trinajstić information content (AvgIpc) is 2.91. The molecule has 2 N–H and O–H groups in total. The number of benzene rings is 1. The van der Waals surface area contributed by atoms with Crippen molar-refractivity contribution in [3.05, 3.63) is 29.6 Å². The van der Waals surface area contributed by atoms with Crippen LogP contribution in [-0.4, -0.2) is 43.2 Å². The molecule has 3 nitrogen and oxygen atoms in total. The molecule has 1 aliphatic rings. The Labute approximate surface area is 127 Å². The van der Waals surface area contributed by atoms with Crippen LogP contribution in [0.1, 0.15) is 32.8 Å². The minimum Gasteiger partial charge on any atom is -0.370 e. The van der Waals surface area contributed by atoms with Gasteiger partial charge in [0.15, 0.2) is 0 Å². The van der Waals surface area contributed by atoms with Crippen LogP contribution in [0, 0.1) is 5.82 Å². The molecule has 1 aromatic carbocycles. The van der Waals surface area contributed by atoms with Crippen molar-refractivity contribution in [3.63, 3.8) is 0 Å². The van der Waals surface area contributed by atoms with E-state index in [0.717, 1.165) is 43.9 Å². The molecular weight excluding hydrogens is 265 g/mol. The first-order chi connectivity index (χ1) is 10.1. The Morgan fingerprint density at radius 3 is 2.71 bits per heavy atom. The summed E-state index contributed by atoms with van der Waals surface area (Å²) in [5, 5.41) is 0. The first-order valence-electron chi connectivity index (χ1n) is 8.08. The van der Waals surface area contributed by atoms with Gasteiger partial charge in [0.25, 0.3) is 0 Å². The zero-order chi connectivity index (χ0) is 15.4. The SMILES string of the molecule is CCN(CC)C1CCN(c2cccc(F)c2CC(C)N)C1. The van der Waals surface area contributed by atoms with E-state index >= 15 is 0 Å². The van der Waals surface area contributed by atoms with Crippen LogP contribution in [-0.2, 0) is 6.42 Å². The van der Waals surface area contributed by atoms with Gasteiger partial charge in [-0.25, -0.2) is 4.39 Å². The molecule has 0 radical (unpaired) electrons. The molecule has 0 saturated carbocycles. The van der Waals surface area contributed by atoms with Crippen molar-refractivity contribution in [3.8, 4) is 0 Å². The molecule has 0 amide bonds. The molecule has 118 valence electrons. The van der Waals surface area contributed by atoms with E-state index in [2.05, 4.69) is 23.6 Å². The van der Waals surface area contributed by atoms with Crippen LogP contribution < -0.4 is 10.6 Å². The Bertz CT molecular complexity index is 457. The molecule has 0 spiro atoms. The summed E-state index contributed by atoms with van der Waals surface area (Å²) in [6.45, 7) is 10.5. The van der Waals surface area contributed by atoms with Crippen LogP contribution in [0.25, 0.3) is 0 Å². The predicted octanol–water partition coefficient (Wildman–Crippen LogP) is 2.64. The Hall–Kier alpha value is -1.13. The highest BCUT2D eigenvalue weighted by atomic mass is 19.1. The van der Waals surface area contributed by atoms with Gasteiger partial charge in [0.05, 0.1) is 0 Å². The molecule has 1 heterocycles. The summed E-state index contributed by atoms with van der Waals surface area (Å²) < 4.78 is 14.2. The van der Waals surface area contributed by atoms with E-state index < -0.39 is 0 Å². The lowest BCUT2D eigenvalue weighted by atomic mass is 10.0. The average molecular weight is 293 g/mol. The Balaban J connectivity index is 2.18. The van der Waals surface area contributed by atoms with Gasteiger partial charge in [-0.05, 0) is 45.0 Å². The van der Waals surface area contributed by atoms with Crippen molar-refractivity contribution in [2.45, 2.75) is 45.7 Å². The first-order valence-corrected chi connectivity index (χ1v) is 8.08. The molecule has 21 heavy (non-hydrogen) atoms. The highest BCUT2D eigenvalue weighted by Gasteiger charge is 2.28. The molecule has 4 heteroatoms. The summed E-state index contributed by atoms with van der Waals surface area (Å²) in [5.41, 5.74) is 7.69. The maximum atomic E-state index is 14.2. The quantitative estimate of drug-likeness (QED) is 0.875. The summed E-state index contributed by atoms with van der Waals surface area (Å²) >= 11 is 0. The fourth-order valence-electron chi connectivity index (χ4n) is 3.37. The molecule has 1 fully saturated rings. The van der Waals surface area contributed by atoms with Gasteiger partial charge in [0, 0.05) is 36.4 Å². The van der Waals surface area contributed by atoms with E-state index in [1.54, 1.807) is 12.1 Å². The number of likely N-dealkylation sites (N-methyl/N-ethyl adjacent to an activating group) is 1. The molecule has 1 aromatic rings. The van der Waals surface area contributed by atoms with Crippen LogP contribution >= 0.6 is 0 Å². The van der Waals surface area contributed by atoms with Crippen molar-refractivity contribution in [1.82, 2.24) is 4.90 Å². The fourth-order valence-corrected chi connectivity index (χ4v) is 3.37. The van der Waals surface area contributed by atoms with E-state index in [0.29, 0.717) is 12.5 Å². The van der Waals surface area contributed by atoms with Crippen LogP contribution in [0.5, 0.6) is 0 Å². The smallest absolute Gasteiger partial charge is 0.128 e. The lowest BCUT2D eigenvalue weighted by Gasteiger charge is -2.27. The number of nitrogens with zero attached hydrogens (tertiary/aromatic N) is 2. The largest absolute Gasteiger partial charge is 0.370 e. The Morgan fingerprint density at radius 2 is 2.10 bits per heavy atom. The highest BCUT2D eigenvalue weighted by Crippen LogP contribution is 2.29. The van der Waals surface area contributed by atoms with Gasteiger partial charge < -0.3 is 10.6 Å². The molecule has 1 saturated heterocycles. The normalized spacial score (nSPS) is 20.3. The second-order valence-corrected chi connectivity index (χ2v) is 6.03. The van der Waals surface area contributed by atoms with Gasteiger partial charge in [0.2, 0.25) is 0 Å². The van der Waals surface area contributed by atoms with Crippen LogP contribution in [0.3, 0.4) is 0 Å². The van der Waals surface area contributed by atoms with Crippen LogP contribution in [0.4, 0.5) is 10.1 Å². The third-order valence-electron chi connectivity index (χ3n) is 4.45. The fraction of sp³-hybridized carbons (Fsp3) is 0.647. The van der Waals surface area contributed by atoms with Crippen molar-refractivity contribution in [1.29, 1.82) is 0 Å².